The minimum atomic E-state index is -3.68. The number of aromatic nitrogens is 1. The van der Waals surface area contributed by atoms with Gasteiger partial charge >= 0.3 is 5.00 Å². The molecule has 0 unspecified atom stereocenters. The summed E-state index contributed by atoms with van der Waals surface area (Å²) < 4.78 is 31.3. The molecule has 0 atom stereocenters. The number of sulfonamides is 1. The Bertz CT molecular complexity index is 771. The van der Waals surface area contributed by atoms with Gasteiger partial charge in [-0.05, 0) is 35.5 Å². The van der Waals surface area contributed by atoms with E-state index in [2.05, 4.69) is 9.71 Å². The van der Waals surface area contributed by atoms with E-state index >= 15 is 0 Å². The van der Waals surface area contributed by atoms with E-state index in [4.69, 9.17) is 4.74 Å². The van der Waals surface area contributed by atoms with Gasteiger partial charge < -0.3 is 4.74 Å². The molecule has 0 saturated heterocycles. The van der Waals surface area contributed by atoms with Crippen LogP contribution in [0, 0.1) is 10.1 Å². The molecule has 10 heteroatoms. The Balaban J connectivity index is 1.86. The Morgan fingerprint density at radius 3 is 2.61 bits per heavy atom. The van der Waals surface area contributed by atoms with Crippen LogP contribution in [-0.2, 0) is 16.4 Å². The van der Waals surface area contributed by atoms with E-state index in [0.717, 1.165) is 18.2 Å². The minimum absolute atomic E-state index is 0.0335. The molecule has 23 heavy (non-hydrogen) atoms. The molecule has 0 amide bonds. The highest BCUT2D eigenvalue weighted by atomic mass is 32.2. The number of nitro groups is 1. The molecule has 0 aliphatic heterocycles. The standard InChI is InChI=1S/C13H15N3O5S2/c1-2-10-3-5-11(6-4-10)21-7-8-23(19,20)15-13-14-9-12(22-13)16(17)18/h3-6,9H,2,7-8H2,1H3,(H,14,15). The largest absolute Gasteiger partial charge is 0.492 e. The van der Waals surface area contributed by atoms with E-state index in [9.17, 15) is 18.5 Å². The summed E-state index contributed by atoms with van der Waals surface area (Å²) in [6.45, 7) is 2.01. The van der Waals surface area contributed by atoms with Gasteiger partial charge in [-0.3, -0.25) is 14.8 Å². The highest BCUT2D eigenvalue weighted by Gasteiger charge is 2.17. The smallest absolute Gasteiger partial charge is 0.345 e. The Labute approximate surface area is 137 Å². The molecule has 0 saturated carbocycles. The van der Waals surface area contributed by atoms with Gasteiger partial charge in [0.15, 0.2) is 0 Å². The van der Waals surface area contributed by atoms with Gasteiger partial charge in [-0.2, -0.15) is 0 Å². The Kier molecular flexibility index (Phi) is 5.50. The highest BCUT2D eigenvalue weighted by Crippen LogP contribution is 2.25. The lowest BCUT2D eigenvalue weighted by Gasteiger charge is -2.08. The first-order chi connectivity index (χ1) is 10.9. The number of aryl methyl sites for hydroxylation is 1. The summed E-state index contributed by atoms with van der Waals surface area (Å²) in [5.41, 5.74) is 1.16. The second-order valence-corrected chi connectivity index (χ2v) is 7.38. The van der Waals surface area contributed by atoms with Crippen LogP contribution in [0.4, 0.5) is 10.1 Å². The maximum atomic E-state index is 11.9. The normalized spacial score (nSPS) is 11.2. The van der Waals surface area contributed by atoms with Crippen molar-refractivity contribution in [3.8, 4) is 5.75 Å². The van der Waals surface area contributed by atoms with Crippen molar-refractivity contribution in [2.24, 2.45) is 0 Å². The molecule has 1 aromatic carbocycles. The Morgan fingerprint density at radius 2 is 2.04 bits per heavy atom. The van der Waals surface area contributed by atoms with Crippen LogP contribution < -0.4 is 9.46 Å². The van der Waals surface area contributed by atoms with Crippen LogP contribution in [0.5, 0.6) is 5.75 Å². The number of nitrogens with zero attached hydrogens (tertiary/aromatic N) is 2. The third-order valence-electron chi connectivity index (χ3n) is 2.87. The molecular formula is C13H15N3O5S2. The summed E-state index contributed by atoms with van der Waals surface area (Å²) in [6.07, 6.45) is 1.92. The maximum Gasteiger partial charge on any atom is 0.345 e. The molecule has 8 nitrogen and oxygen atoms in total. The van der Waals surface area contributed by atoms with Crippen molar-refractivity contribution in [3.63, 3.8) is 0 Å². The molecule has 0 spiro atoms. The number of hydrogen-bond donors (Lipinski definition) is 1. The van der Waals surface area contributed by atoms with Crippen molar-refractivity contribution in [1.29, 1.82) is 0 Å². The van der Waals surface area contributed by atoms with Crippen molar-refractivity contribution in [3.05, 3.63) is 46.1 Å². The zero-order chi connectivity index (χ0) is 16.9. The van der Waals surface area contributed by atoms with Gasteiger partial charge in [0.1, 0.15) is 24.3 Å². The van der Waals surface area contributed by atoms with Crippen LogP contribution in [0.25, 0.3) is 0 Å². The van der Waals surface area contributed by atoms with Gasteiger partial charge in [-0.15, -0.1) is 0 Å². The van der Waals surface area contributed by atoms with Crippen LogP contribution in [0.1, 0.15) is 12.5 Å². The van der Waals surface area contributed by atoms with Crippen molar-refractivity contribution in [2.75, 3.05) is 17.1 Å². The van der Waals surface area contributed by atoms with E-state index in [1.54, 1.807) is 12.1 Å². The number of rotatable bonds is 8. The molecule has 0 aliphatic carbocycles. The summed E-state index contributed by atoms with van der Waals surface area (Å²) in [6, 6.07) is 7.39. The van der Waals surface area contributed by atoms with E-state index in [0.29, 0.717) is 17.1 Å². The van der Waals surface area contributed by atoms with E-state index < -0.39 is 14.9 Å². The molecule has 0 bridgehead atoms. The second-order valence-electron chi connectivity index (χ2n) is 4.53. The number of nitrogens with one attached hydrogen (secondary N) is 1. The second kappa shape index (κ2) is 7.38. The molecule has 2 aromatic rings. The van der Waals surface area contributed by atoms with Crippen molar-refractivity contribution >= 4 is 31.5 Å². The van der Waals surface area contributed by atoms with E-state index in [1.165, 1.54) is 0 Å². The van der Waals surface area contributed by atoms with Gasteiger partial charge in [0.05, 0.1) is 4.92 Å². The van der Waals surface area contributed by atoms with Crippen molar-refractivity contribution in [1.82, 2.24) is 4.98 Å². The quantitative estimate of drug-likeness (QED) is 0.574. The molecule has 0 aliphatic rings. The van der Waals surface area contributed by atoms with Crippen LogP contribution >= 0.6 is 11.3 Å². The fourth-order valence-corrected chi connectivity index (χ4v) is 3.43. The fraction of sp³-hybridized carbons (Fsp3) is 0.308. The van der Waals surface area contributed by atoms with E-state index in [-0.39, 0.29) is 22.5 Å². The van der Waals surface area contributed by atoms with Crippen LogP contribution in [-0.4, -0.2) is 30.7 Å². The summed E-state index contributed by atoms with van der Waals surface area (Å²) in [5, 5.41) is 10.3. The van der Waals surface area contributed by atoms with Crippen LogP contribution in [0.15, 0.2) is 30.5 Å². The predicted molar refractivity (Wildman–Crippen MR) is 87.5 cm³/mol. The average Bonchev–Trinajstić information content (AvgIpc) is 2.95. The Hall–Kier alpha value is -2.20. The van der Waals surface area contributed by atoms with Crippen LogP contribution in [0.3, 0.4) is 0 Å². The van der Waals surface area contributed by atoms with Gasteiger partial charge in [0, 0.05) is 0 Å². The SMILES string of the molecule is CCc1ccc(OCCS(=O)(=O)Nc2ncc([N+](=O)[O-])s2)cc1. The van der Waals surface area contributed by atoms with Crippen molar-refractivity contribution in [2.45, 2.75) is 13.3 Å². The molecule has 0 fully saturated rings. The van der Waals surface area contributed by atoms with Crippen LogP contribution in [0.2, 0.25) is 0 Å². The lowest BCUT2D eigenvalue weighted by molar-refractivity contribution is -0.380. The summed E-state index contributed by atoms with van der Waals surface area (Å²) in [4.78, 5) is 13.6. The monoisotopic (exact) mass is 357 g/mol. The Morgan fingerprint density at radius 1 is 1.35 bits per heavy atom. The first-order valence-electron chi connectivity index (χ1n) is 6.72. The number of anilines is 1. The number of hydrogen-bond acceptors (Lipinski definition) is 7. The lowest BCUT2D eigenvalue weighted by atomic mass is 10.2. The van der Waals surface area contributed by atoms with E-state index in [1.807, 2.05) is 19.1 Å². The van der Waals surface area contributed by atoms with Gasteiger partial charge in [0.25, 0.3) is 0 Å². The molecule has 1 N–H and O–H groups in total. The summed E-state index contributed by atoms with van der Waals surface area (Å²) in [5.74, 6) is 0.304. The first kappa shape index (κ1) is 17.2. The summed E-state index contributed by atoms with van der Waals surface area (Å²) >= 11 is 0.660. The van der Waals surface area contributed by atoms with Gasteiger partial charge in [-0.25, -0.2) is 13.4 Å². The molecule has 1 aromatic heterocycles. The number of ether oxygens (including phenoxy) is 1. The average molecular weight is 357 g/mol. The maximum absolute atomic E-state index is 11.9. The fourth-order valence-electron chi connectivity index (χ4n) is 1.67. The van der Waals surface area contributed by atoms with Crippen molar-refractivity contribution < 1.29 is 18.1 Å². The zero-order valence-electron chi connectivity index (χ0n) is 12.3. The number of benzene rings is 1. The first-order valence-corrected chi connectivity index (χ1v) is 9.19. The highest BCUT2D eigenvalue weighted by molar-refractivity contribution is 7.92. The molecule has 2 rings (SSSR count). The topological polar surface area (TPSA) is 111 Å². The molecular weight excluding hydrogens is 342 g/mol. The lowest BCUT2D eigenvalue weighted by Crippen LogP contribution is -2.21. The summed E-state index contributed by atoms with van der Waals surface area (Å²) in [7, 11) is -3.68. The zero-order valence-corrected chi connectivity index (χ0v) is 13.9. The number of thiazole rings is 1. The third-order valence-corrected chi connectivity index (χ3v) is 5.07. The third kappa shape index (κ3) is 5.18. The molecule has 124 valence electrons. The van der Waals surface area contributed by atoms with Gasteiger partial charge in [-0.1, -0.05) is 19.1 Å². The predicted octanol–water partition coefficient (Wildman–Crippen LogP) is 2.43. The minimum Gasteiger partial charge on any atom is -0.492 e. The molecule has 1 heterocycles. The molecule has 0 radical (unpaired) electrons. The van der Waals surface area contributed by atoms with Gasteiger partial charge in [0.2, 0.25) is 15.2 Å².